The van der Waals surface area contributed by atoms with E-state index in [2.05, 4.69) is 155 Å². The third kappa shape index (κ3) is 6.96. The van der Waals surface area contributed by atoms with E-state index >= 15 is 0 Å². The highest BCUT2D eigenvalue weighted by molar-refractivity contribution is 6.10. The molecule has 7 nitrogen and oxygen atoms in total. The highest BCUT2D eigenvalue weighted by Crippen LogP contribution is 2.40. The van der Waals surface area contributed by atoms with Crippen LogP contribution in [0.2, 0.25) is 0 Å². The van der Waals surface area contributed by atoms with Crippen molar-refractivity contribution in [2.75, 3.05) is 11.9 Å². The van der Waals surface area contributed by atoms with Crippen molar-refractivity contribution in [2.24, 2.45) is 0 Å². The lowest BCUT2D eigenvalue weighted by molar-refractivity contribution is 0.621. The minimum atomic E-state index is 0.545. The monoisotopic (exact) mass is 848 g/mol. The molecule has 9 aromatic carbocycles. The summed E-state index contributed by atoms with van der Waals surface area (Å²) in [6.45, 7) is 0. The van der Waals surface area contributed by atoms with Crippen molar-refractivity contribution in [3.8, 4) is 73.3 Å². The predicted octanol–water partition coefficient (Wildman–Crippen LogP) is 14.9. The van der Waals surface area contributed by atoms with Crippen LogP contribution in [-0.4, -0.2) is 31.6 Å². The van der Waals surface area contributed by atoms with Gasteiger partial charge < -0.3 is 13.9 Å². The standard InChI is InChI=1S/C59H40N6O/c1-64(59-62-56(41-19-7-3-8-20-41)61-57(63-59)45-24-15-23-43(37-45)39-17-5-2-6-18-39)52-29-13-11-25-47(52)44-33-36-50-49-26-12-14-30-53(49)65(54(50)38-44)46-34-31-40(32-35-46)48-27-16-28-51-55(48)66-58(60-51)42-21-9-4-10-22-42/h2-38H,1H3. The van der Waals surface area contributed by atoms with Gasteiger partial charge >= 0.3 is 0 Å². The lowest BCUT2D eigenvalue weighted by Gasteiger charge is -2.22. The molecule has 0 N–H and O–H groups in total. The van der Waals surface area contributed by atoms with Crippen LogP contribution >= 0.6 is 0 Å². The minimum Gasteiger partial charge on any atom is -0.435 e. The van der Waals surface area contributed by atoms with E-state index in [1.807, 2.05) is 85.9 Å². The summed E-state index contributed by atoms with van der Waals surface area (Å²) >= 11 is 0. The van der Waals surface area contributed by atoms with Crippen LogP contribution in [0.15, 0.2) is 229 Å². The zero-order valence-electron chi connectivity index (χ0n) is 36.0. The molecule has 3 aromatic heterocycles. The molecule has 7 heteroatoms. The van der Waals surface area contributed by atoms with Crippen LogP contribution in [0.5, 0.6) is 0 Å². The summed E-state index contributed by atoms with van der Waals surface area (Å²) in [6, 6.07) is 77.7. The summed E-state index contributed by atoms with van der Waals surface area (Å²) in [5.74, 6) is 2.37. The van der Waals surface area contributed by atoms with Crippen LogP contribution in [0.4, 0.5) is 11.6 Å². The molecule has 12 aromatic rings. The van der Waals surface area contributed by atoms with Crippen LogP contribution < -0.4 is 4.90 Å². The summed E-state index contributed by atoms with van der Waals surface area (Å²) in [7, 11) is 2.03. The van der Waals surface area contributed by atoms with Gasteiger partial charge in [0.05, 0.1) is 16.7 Å². The Kier molecular flexibility index (Phi) is 9.57. The van der Waals surface area contributed by atoms with Gasteiger partial charge in [0.1, 0.15) is 5.52 Å². The normalized spacial score (nSPS) is 11.4. The lowest BCUT2D eigenvalue weighted by Crippen LogP contribution is -2.16. The van der Waals surface area contributed by atoms with Gasteiger partial charge in [0.25, 0.3) is 0 Å². The Morgan fingerprint density at radius 3 is 1.77 bits per heavy atom. The van der Waals surface area contributed by atoms with E-state index in [1.165, 1.54) is 10.8 Å². The zero-order valence-corrected chi connectivity index (χ0v) is 36.0. The van der Waals surface area contributed by atoms with E-state index in [0.29, 0.717) is 23.5 Å². The van der Waals surface area contributed by atoms with Crippen molar-refractivity contribution in [3.05, 3.63) is 224 Å². The van der Waals surface area contributed by atoms with Crippen molar-refractivity contribution in [1.29, 1.82) is 0 Å². The number of rotatable bonds is 9. The summed E-state index contributed by atoms with van der Waals surface area (Å²) in [5, 5.41) is 2.37. The predicted molar refractivity (Wildman–Crippen MR) is 269 cm³/mol. The third-order valence-corrected chi connectivity index (χ3v) is 12.3. The molecule has 0 saturated heterocycles. The van der Waals surface area contributed by atoms with E-state index in [9.17, 15) is 0 Å². The second-order valence-corrected chi connectivity index (χ2v) is 16.3. The average Bonchev–Trinajstić information content (AvgIpc) is 3.99. The maximum atomic E-state index is 6.41. The van der Waals surface area contributed by atoms with Gasteiger partial charge in [-0.15, -0.1) is 0 Å². The Bertz CT molecular complexity index is 3710. The molecule has 12 rings (SSSR count). The number of anilines is 2. The number of benzene rings is 9. The summed E-state index contributed by atoms with van der Waals surface area (Å²) in [6.07, 6.45) is 0. The first kappa shape index (κ1) is 38.7. The molecule has 0 aliphatic heterocycles. The number of aromatic nitrogens is 5. The number of oxazole rings is 1. The van der Waals surface area contributed by atoms with E-state index in [1.54, 1.807) is 0 Å². The Hall–Kier alpha value is -8.94. The molecule has 0 aliphatic rings. The quantitative estimate of drug-likeness (QED) is 0.144. The van der Waals surface area contributed by atoms with Gasteiger partial charge in [-0.05, 0) is 76.9 Å². The van der Waals surface area contributed by atoms with Crippen LogP contribution in [0, 0.1) is 0 Å². The van der Waals surface area contributed by atoms with Gasteiger partial charge in [-0.25, -0.2) is 9.97 Å². The molecule has 312 valence electrons. The number of fused-ring (bicyclic) bond motifs is 4. The SMILES string of the molecule is CN(c1nc(-c2ccccc2)nc(-c2cccc(-c3ccccc3)c2)n1)c1ccccc1-c1ccc2c3ccccc3n(-c3ccc(-c4cccc5nc(-c6ccccc6)oc45)cc3)c2c1. The maximum Gasteiger partial charge on any atom is 0.233 e. The van der Waals surface area contributed by atoms with Crippen molar-refractivity contribution >= 4 is 44.5 Å². The highest BCUT2D eigenvalue weighted by atomic mass is 16.3. The molecule has 0 amide bonds. The van der Waals surface area contributed by atoms with Crippen molar-refractivity contribution in [1.82, 2.24) is 24.5 Å². The summed E-state index contributed by atoms with van der Waals surface area (Å²) < 4.78 is 8.77. The summed E-state index contributed by atoms with van der Waals surface area (Å²) in [4.78, 5) is 22.2. The number of para-hydroxylation sites is 3. The molecule has 3 heterocycles. The smallest absolute Gasteiger partial charge is 0.233 e. The molecule has 0 bridgehead atoms. The van der Waals surface area contributed by atoms with Gasteiger partial charge in [0.15, 0.2) is 17.2 Å². The fraction of sp³-hybridized carbons (Fsp3) is 0.0169. The topological polar surface area (TPSA) is 72.9 Å². The van der Waals surface area contributed by atoms with Crippen LogP contribution in [0.1, 0.15) is 0 Å². The van der Waals surface area contributed by atoms with Crippen molar-refractivity contribution < 1.29 is 4.42 Å². The van der Waals surface area contributed by atoms with E-state index in [-0.39, 0.29) is 0 Å². The van der Waals surface area contributed by atoms with Gasteiger partial charge in [0.2, 0.25) is 11.8 Å². The minimum absolute atomic E-state index is 0.545. The zero-order chi connectivity index (χ0) is 44.0. The first-order valence-electron chi connectivity index (χ1n) is 22.0. The Labute approximate surface area is 381 Å². The van der Waals surface area contributed by atoms with Crippen LogP contribution in [-0.2, 0) is 0 Å². The molecule has 0 radical (unpaired) electrons. The van der Waals surface area contributed by atoms with Gasteiger partial charge in [-0.3, -0.25) is 0 Å². The van der Waals surface area contributed by atoms with Crippen LogP contribution in [0.25, 0.3) is 106 Å². The van der Waals surface area contributed by atoms with E-state index in [0.717, 1.165) is 83.6 Å². The molecule has 0 spiro atoms. The molecular formula is C59H40N6O. The molecule has 66 heavy (non-hydrogen) atoms. The van der Waals surface area contributed by atoms with Crippen molar-refractivity contribution in [3.63, 3.8) is 0 Å². The molecule has 0 aliphatic carbocycles. The van der Waals surface area contributed by atoms with Gasteiger partial charge in [-0.2, -0.15) is 9.97 Å². The van der Waals surface area contributed by atoms with E-state index < -0.39 is 0 Å². The summed E-state index contributed by atoms with van der Waals surface area (Å²) in [5.41, 5.74) is 15.1. The fourth-order valence-corrected chi connectivity index (χ4v) is 9.03. The molecule has 0 saturated carbocycles. The molecule has 0 fully saturated rings. The number of hydrogen-bond acceptors (Lipinski definition) is 6. The van der Waals surface area contributed by atoms with Gasteiger partial charge in [0, 0.05) is 51.3 Å². The molecule has 0 unspecified atom stereocenters. The van der Waals surface area contributed by atoms with Crippen molar-refractivity contribution in [2.45, 2.75) is 0 Å². The Balaban J connectivity index is 0.941. The van der Waals surface area contributed by atoms with Gasteiger partial charge in [-0.1, -0.05) is 170 Å². The molecule has 0 atom stereocenters. The van der Waals surface area contributed by atoms with Crippen LogP contribution in [0.3, 0.4) is 0 Å². The third-order valence-electron chi connectivity index (χ3n) is 12.3. The van der Waals surface area contributed by atoms with E-state index in [4.69, 9.17) is 24.4 Å². The highest BCUT2D eigenvalue weighted by Gasteiger charge is 2.20. The number of nitrogens with zero attached hydrogens (tertiary/aromatic N) is 6. The average molecular weight is 849 g/mol. The Morgan fingerprint density at radius 2 is 0.985 bits per heavy atom. The fourth-order valence-electron chi connectivity index (χ4n) is 9.03. The largest absolute Gasteiger partial charge is 0.435 e. The first-order chi connectivity index (χ1) is 32.6. The lowest BCUT2D eigenvalue weighted by atomic mass is 10.0. The Morgan fingerprint density at radius 1 is 0.394 bits per heavy atom. The first-order valence-corrected chi connectivity index (χ1v) is 22.0. The maximum absolute atomic E-state index is 6.41. The molecular weight excluding hydrogens is 809 g/mol. The number of hydrogen-bond donors (Lipinski definition) is 0. The second kappa shape index (κ2) is 16.3. The second-order valence-electron chi connectivity index (χ2n) is 16.3.